The zero-order chi connectivity index (χ0) is 16.4. The van der Waals surface area contributed by atoms with Crippen LogP contribution < -0.4 is 10.6 Å². The molecule has 0 aromatic heterocycles. The van der Waals surface area contributed by atoms with E-state index in [1.807, 2.05) is 18.2 Å². The van der Waals surface area contributed by atoms with Gasteiger partial charge in [-0.1, -0.05) is 30.0 Å². The molecule has 7 heteroatoms. The lowest BCUT2D eigenvalue weighted by Crippen LogP contribution is -2.18. The lowest BCUT2D eigenvalue weighted by Gasteiger charge is -2.18. The molecule has 1 aliphatic rings. The Bertz CT molecular complexity index is 787. The van der Waals surface area contributed by atoms with E-state index in [1.165, 1.54) is 30.1 Å². The summed E-state index contributed by atoms with van der Waals surface area (Å²) in [6.07, 6.45) is -2.99. The number of hydrogen-bond donors (Lipinski definition) is 2. The molecule has 0 atom stereocenters. The zero-order valence-corrected chi connectivity index (χ0v) is 12.5. The SMILES string of the molecule is O=C1Nc2ccccc2SC1=CNc1cccc(C(F)(F)F)c1. The number of carbonyl (C=O) groups is 1. The van der Waals surface area contributed by atoms with Gasteiger partial charge >= 0.3 is 6.18 Å². The molecule has 118 valence electrons. The van der Waals surface area contributed by atoms with Crippen molar-refractivity contribution in [1.29, 1.82) is 0 Å². The number of halogens is 3. The largest absolute Gasteiger partial charge is 0.416 e. The minimum atomic E-state index is -4.40. The number of anilines is 2. The highest BCUT2D eigenvalue weighted by Gasteiger charge is 2.30. The Morgan fingerprint density at radius 3 is 2.65 bits per heavy atom. The first-order valence-corrected chi connectivity index (χ1v) is 7.47. The normalized spacial score (nSPS) is 16.0. The first-order valence-electron chi connectivity index (χ1n) is 6.66. The van der Waals surface area contributed by atoms with Gasteiger partial charge in [-0.2, -0.15) is 13.2 Å². The van der Waals surface area contributed by atoms with Gasteiger partial charge in [-0.05, 0) is 30.3 Å². The molecule has 0 fully saturated rings. The molecule has 0 unspecified atom stereocenters. The molecule has 3 nitrogen and oxygen atoms in total. The van der Waals surface area contributed by atoms with E-state index >= 15 is 0 Å². The number of alkyl halides is 3. The van der Waals surface area contributed by atoms with Gasteiger partial charge in [0.25, 0.3) is 5.91 Å². The van der Waals surface area contributed by atoms with Crippen molar-refractivity contribution in [3.8, 4) is 0 Å². The van der Waals surface area contributed by atoms with Gasteiger partial charge in [-0.15, -0.1) is 0 Å². The first kappa shape index (κ1) is 15.5. The molecule has 0 spiro atoms. The highest BCUT2D eigenvalue weighted by atomic mass is 32.2. The summed E-state index contributed by atoms with van der Waals surface area (Å²) in [6.45, 7) is 0. The molecular weight excluding hydrogens is 325 g/mol. The van der Waals surface area contributed by atoms with Crippen molar-refractivity contribution in [3.63, 3.8) is 0 Å². The van der Waals surface area contributed by atoms with Crippen LogP contribution in [0, 0.1) is 0 Å². The van der Waals surface area contributed by atoms with Gasteiger partial charge in [0.15, 0.2) is 0 Å². The minimum absolute atomic E-state index is 0.264. The van der Waals surface area contributed by atoms with Crippen LogP contribution in [0.4, 0.5) is 24.5 Å². The fourth-order valence-corrected chi connectivity index (χ4v) is 2.91. The second kappa shape index (κ2) is 6.00. The van der Waals surface area contributed by atoms with Crippen molar-refractivity contribution < 1.29 is 18.0 Å². The third kappa shape index (κ3) is 3.50. The monoisotopic (exact) mass is 336 g/mol. The molecule has 0 saturated carbocycles. The van der Waals surface area contributed by atoms with Gasteiger partial charge in [0, 0.05) is 16.8 Å². The van der Waals surface area contributed by atoms with E-state index in [2.05, 4.69) is 10.6 Å². The summed E-state index contributed by atoms with van der Waals surface area (Å²) in [4.78, 5) is 13.2. The van der Waals surface area contributed by atoms with Crippen molar-refractivity contribution in [1.82, 2.24) is 0 Å². The molecule has 2 N–H and O–H groups in total. The van der Waals surface area contributed by atoms with Crippen LogP contribution in [0.15, 0.2) is 64.5 Å². The van der Waals surface area contributed by atoms with Crippen LogP contribution in [0.5, 0.6) is 0 Å². The maximum absolute atomic E-state index is 12.7. The topological polar surface area (TPSA) is 41.1 Å². The number of rotatable bonds is 2. The fourth-order valence-electron chi connectivity index (χ4n) is 2.04. The Labute approximate surface area is 134 Å². The molecule has 0 radical (unpaired) electrons. The molecule has 1 heterocycles. The summed E-state index contributed by atoms with van der Waals surface area (Å²) in [7, 11) is 0. The molecule has 0 aliphatic carbocycles. The highest BCUT2D eigenvalue weighted by Crippen LogP contribution is 2.37. The summed E-state index contributed by atoms with van der Waals surface area (Å²) in [5.74, 6) is -0.298. The quantitative estimate of drug-likeness (QED) is 0.781. The molecule has 23 heavy (non-hydrogen) atoms. The summed E-state index contributed by atoms with van der Waals surface area (Å²) in [5.41, 5.74) is 0.241. The van der Waals surface area contributed by atoms with Crippen molar-refractivity contribution in [2.75, 3.05) is 10.6 Å². The number of hydrogen-bond acceptors (Lipinski definition) is 3. The van der Waals surface area contributed by atoms with Gasteiger partial charge in [-0.3, -0.25) is 4.79 Å². The minimum Gasteiger partial charge on any atom is -0.360 e. The number of nitrogens with one attached hydrogen (secondary N) is 2. The number of amides is 1. The van der Waals surface area contributed by atoms with Crippen LogP contribution in [0.2, 0.25) is 0 Å². The van der Waals surface area contributed by atoms with Crippen molar-refractivity contribution in [2.24, 2.45) is 0 Å². The predicted molar refractivity (Wildman–Crippen MR) is 84.1 cm³/mol. The molecule has 0 bridgehead atoms. The van der Waals surface area contributed by atoms with Gasteiger partial charge < -0.3 is 10.6 Å². The fraction of sp³-hybridized carbons (Fsp3) is 0.0625. The van der Waals surface area contributed by atoms with E-state index in [1.54, 1.807) is 6.07 Å². The maximum Gasteiger partial charge on any atom is 0.416 e. The highest BCUT2D eigenvalue weighted by molar-refractivity contribution is 8.04. The molecule has 0 saturated heterocycles. The lowest BCUT2D eigenvalue weighted by molar-refractivity contribution is -0.137. The van der Waals surface area contributed by atoms with Crippen molar-refractivity contribution in [2.45, 2.75) is 11.1 Å². The number of fused-ring (bicyclic) bond motifs is 1. The van der Waals surface area contributed by atoms with Crippen LogP contribution in [0.3, 0.4) is 0 Å². The second-order valence-electron chi connectivity index (χ2n) is 4.78. The van der Waals surface area contributed by atoms with Gasteiger partial charge in [0.05, 0.1) is 16.2 Å². The smallest absolute Gasteiger partial charge is 0.360 e. The Morgan fingerprint density at radius 1 is 1.09 bits per heavy atom. The Morgan fingerprint density at radius 2 is 1.87 bits per heavy atom. The third-order valence-electron chi connectivity index (χ3n) is 3.14. The van der Waals surface area contributed by atoms with Crippen LogP contribution in [-0.4, -0.2) is 5.91 Å². The Balaban J connectivity index is 1.80. The van der Waals surface area contributed by atoms with E-state index in [-0.39, 0.29) is 11.6 Å². The number of benzene rings is 2. The summed E-state index contributed by atoms with van der Waals surface area (Å²) in [5, 5.41) is 5.48. The summed E-state index contributed by atoms with van der Waals surface area (Å²) >= 11 is 1.26. The molecule has 2 aromatic carbocycles. The van der Waals surface area contributed by atoms with Crippen LogP contribution in [0.25, 0.3) is 0 Å². The molecular formula is C16H11F3N2OS. The first-order chi connectivity index (χ1) is 10.9. The molecule has 2 aromatic rings. The predicted octanol–water partition coefficient (Wildman–Crippen LogP) is 4.70. The van der Waals surface area contributed by atoms with Crippen molar-refractivity contribution in [3.05, 3.63) is 65.2 Å². The number of carbonyl (C=O) groups excluding carboxylic acids is 1. The van der Waals surface area contributed by atoms with Crippen LogP contribution >= 0.6 is 11.8 Å². The lowest BCUT2D eigenvalue weighted by atomic mass is 10.2. The van der Waals surface area contributed by atoms with Gasteiger partial charge in [-0.25, -0.2) is 0 Å². The summed E-state index contributed by atoms with van der Waals surface area (Å²) in [6, 6.07) is 12.1. The average molecular weight is 336 g/mol. The maximum atomic E-state index is 12.7. The average Bonchev–Trinajstić information content (AvgIpc) is 2.52. The molecule has 1 aliphatic heterocycles. The third-order valence-corrected chi connectivity index (χ3v) is 4.24. The molecule has 1 amide bonds. The zero-order valence-electron chi connectivity index (χ0n) is 11.6. The van der Waals surface area contributed by atoms with Gasteiger partial charge in [0.2, 0.25) is 0 Å². The standard InChI is InChI=1S/C16H11F3N2OS/c17-16(18,19)10-4-3-5-11(8-10)20-9-14-15(22)21-12-6-1-2-7-13(12)23-14/h1-9,20H,(H,21,22). The number of para-hydroxylation sites is 1. The molecule has 3 rings (SSSR count). The van der Waals surface area contributed by atoms with E-state index in [9.17, 15) is 18.0 Å². The second-order valence-corrected chi connectivity index (χ2v) is 5.87. The Hall–Kier alpha value is -2.41. The summed E-state index contributed by atoms with van der Waals surface area (Å²) < 4.78 is 38.0. The van der Waals surface area contributed by atoms with Crippen LogP contribution in [0.1, 0.15) is 5.56 Å². The van der Waals surface area contributed by atoms with Crippen molar-refractivity contribution >= 4 is 29.0 Å². The Kier molecular flexibility index (Phi) is 4.04. The van der Waals surface area contributed by atoms with E-state index in [4.69, 9.17) is 0 Å². The van der Waals surface area contributed by atoms with Crippen LogP contribution in [-0.2, 0) is 11.0 Å². The number of thioether (sulfide) groups is 1. The van der Waals surface area contributed by atoms with E-state index in [0.717, 1.165) is 22.7 Å². The van der Waals surface area contributed by atoms with Gasteiger partial charge in [0.1, 0.15) is 0 Å². The van der Waals surface area contributed by atoms with E-state index < -0.39 is 11.7 Å². The van der Waals surface area contributed by atoms with E-state index in [0.29, 0.717) is 4.91 Å².